The summed E-state index contributed by atoms with van der Waals surface area (Å²) in [7, 11) is 1.61. The molecule has 1 N–H and O–H groups in total. The molecule has 120 valence electrons. The fraction of sp³-hybridized carbons (Fsp3) is 0.333. The van der Waals surface area contributed by atoms with Crippen LogP contribution in [-0.4, -0.2) is 35.7 Å². The van der Waals surface area contributed by atoms with E-state index in [2.05, 4.69) is 15.5 Å². The third kappa shape index (κ3) is 3.31. The van der Waals surface area contributed by atoms with E-state index in [-0.39, 0.29) is 17.7 Å². The molecule has 7 nitrogen and oxygen atoms in total. The molecule has 0 spiro atoms. The minimum atomic E-state index is -0.185. The van der Waals surface area contributed by atoms with Crippen molar-refractivity contribution in [3.05, 3.63) is 29.3 Å². The van der Waals surface area contributed by atoms with Crippen LogP contribution in [0.4, 0.5) is 10.8 Å². The fourth-order valence-corrected chi connectivity index (χ4v) is 3.37. The molecule has 1 saturated heterocycles. The molecule has 1 aromatic carbocycles. The first-order valence-electron chi connectivity index (χ1n) is 7.12. The number of nitrogens with one attached hydrogen (secondary N) is 1. The molecule has 1 aromatic heterocycles. The summed E-state index contributed by atoms with van der Waals surface area (Å²) in [6, 6.07) is 7.38. The van der Waals surface area contributed by atoms with E-state index in [1.807, 2.05) is 24.3 Å². The quantitative estimate of drug-likeness (QED) is 0.926. The maximum Gasteiger partial charge on any atom is 0.227 e. The summed E-state index contributed by atoms with van der Waals surface area (Å²) >= 11 is 1.31. The van der Waals surface area contributed by atoms with E-state index in [0.717, 1.165) is 16.4 Å². The van der Waals surface area contributed by atoms with Crippen LogP contribution < -0.4 is 15.0 Å². The molecule has 0 aliphatic carbocycles. The Kier molecular flexibility index (Phi) is 4.24. The third-order valence-electron chi connectivity index (χ3n) is 3.58. The molecular weight excluding hydrogens is 316 g/mol. The maximum absolute atomic E-state index is 12.3. The number of carbonyl (C=O) groups excluding carboxylic acids is 2. The van der Waals surface area contributed by atoms with E-state index < -0.39 is 0 Å². The second kappa shape index (κ2) is 6.33. The molecule has 1 fully saturated rings. The van der Waals surface area contributed by atoms with Crippen molar-refractivity contribution in [3.63, 3.8) is 0 Å². The number of rotatable bonds is 4. The highest BCUT2D eigenvalue weighted by atomic mass is 32.1. The highest BCUT2D eigenvalue weighted by Crippen LogP contribution is 2.34. The van der Waals surface area contributed by atoms with Crippen LogP contribution in [0.15, 0.2) is 24.3 Å². The molecular formula is C15H16N4O3S. The topological polar surface area (TPSA) is 84.4 Å². The average molecular weight is 332 g/mol. The van der Waals surface area contributed by atoms with Gasteiger partial charge in [0.1, 0.15) is 10.8 Å². The number of hydrogen-bond acceptors (Lipinski definition) is 6. The fourth-order valence-electron chi connectivity index (χ4n) is 2.49. The molecule has 1 aliphatic heterocycles. The lowest BCUT2D eigenvalue weighted by Gasteiger charge is -2.16. The Labute approximate surface area is 137 Å². The molecule has 8 heteroatoms. The minimum absolute atomic E-state index is 0.00962. The highest BCUT2D eigenvalue weighted by molar-refractivity contribution is 7.15. The van der Waals surface area contributed by atoms with Gasteiger partial charge in [-0.2, -0.15) is 0 Å². The van der Waals surface area contributed by atoms with Crippen molar-refractivity contribution < 1.29 is 14.3 Å². The summed E-state index contributed by atoms with van der Waals surface area (Å²) in [5.74, 6) is 0.608. The lowest BCUT2D eigenvalue weighted by atomic mass is 10.1. The Bertz CT molecular complexity index is 729. The molecule has 2 heterocycles. The number of hydrogen-bond donors (Lipinski definition) is 1. The van der Waals surface area contributed by atoms with Gasteiger partial charge in [0.25, 0.3) is 0 Å². The standard InChI is InChI=1S/C15H16N4O3S/c1-9(20)16-15-18-17-14(23-15)10-7-13(21)19(8-10)11-3-5-12(22-2)6-4-11/h3-6,10H,7-8H2,1-2H3,(H,16,18,20)/t10-/m0/s1. The highest BCUT2D eigenvalue weighted by Gasteiger charge is 2.33. The van der Waals surface area contributed by atoms with Crippen molar-refractivity contribution in [3.8, 4) is 5.75 Å². The summed E-state index contributed by atoms with van der Waals surface area (Å²) in [6.07, 6.45) is 0.390. The molecule has 3 rings (SSSR count). The zero-order chi connectivity index (χ0) is 16.4. The Morgan fingerprint density at radius 3 is 2.74 bits per heavy atom. The van der Waals surface area contributed by atoms with E-state index in [1.165, 1.54) is 18.3 Å². The van der Waals surface area contributed by atoms with Crippen molar-refractivity contribution >= 4 is 34.0 Å². The van der Waals surface area contributed by atoms with Gasteiger partial charge in [0.05, 0.1) is 7.11 Å². The molecule has 23 heavy (non-hydrogen) atoms. The van der Waals surface area contributed by atoms with Crippen LogP contribution in [0.25, 0.3) is 0 Å². The summed E-state index contributed by atoms with van der Waals surface area (Å²) in [6.45, 7) is 1.98. The second-order valence-electron chi connectivity index (χ2n) is 5.23. The SMILES string of the molecule is COc1ccc(N2C[C@@H](c3nnc(NC(C)=O)s3)CC2=O)cc1. The van der Waals surface area contributed by atoms with Gasteiger partial charge < -0.3 is 15.0 Å². The number of benzene rings is 1. The van der Waals surface area contributed by atoms with Gasteiger partial charge in [-0.25, -0.2) is 0 Å². The summed E-state index contributed by atoms with van der Waals surface area (Å²) in [5.41, 5.74) is 0.838. The van der Waals surface area contributed by atoms with E-state index in [0.29, 0.717) is 18.1 Å². The van der Waals surface area contributed by atoms with Crippen LogP contribution in [0, 0.1) is 0 Å². The third-order valence-corrected chi connectivity index (χ3v) is 4.58. The van der Waals surface area contributed by atoms with E-state index in [9.17, 15) is 9.59 Å². The van der Waals surface area contributed by atoms with E-state index >= 15 is 0 Å². The number of ether oxygens (including phenoxy) is 1. The molecule has 0 saturated carbocycles. The van der Waals surface area contributed by atoms with Gasteiger partial charge >= 0.3 is 0 Å². The average Bonchev–Trinajstić information content (AvgIpc) is 3.13. The molecule has 1 aliphatic rings. The van der Waals surface area contributed by atoms with Crippen LogP contribution in [0.3, 0.4) is 0 Å². The largest absolute Gasteiger partial charge is 0.497 e. The monoisotopic (exact) mass is 332 g/mol. The van der Waals surface area contributed by atoms with Crippen molar-refractivity contribution in [2.45, 2.75) is 19.3 Å². The molecule has 2 amide bonds. The normalized spacial score (nSPS) is 17.4. The van der Waals surface area contributed by atoms with Gasteiger partial charge in [-0.1, -0.05) is 11.3 Å². The number of anilines is 2. The van der Waals surface area contributed by atoms with Crippen molar-refractivity contribution in [1.29, 1.82) is 0 Å². The Morgan fingerprint density at radius 2 is 2.09 bits per heavy atom. The van der Waals surface area contributed by atoms with Crippen molar-refractivity contribution in [2.75, 3.05) is 23.9 Å². The second-order valence-corrected chi connectivity index (χ2v) is 6.24. The predicted octanol–water partition coefficient (Wildman–Crippen LogP) is 2.03. The van der Waals surface area contributed by atoms with Gasteiger partial charge in [-0.05, 0) is 24.3 Å². The van der Waals surface area contributed by atoms with Gasteiger partial charge in [0, 0.05) is 31.5 Å². The number of amides is 2. The van der Waals surface area contributed by atoms with E-state index in [4.69, 9.17) is 4.74 Å². The molecule has 0 radical (unpaired) electrons. The first-order chi connectivity index (χ1) is 11.1. The van der Waals surface area contributed by atoms with Gasteiger partial charge in [0.2, 0.25) is 16.9 Å². The lowest BCUT2D eigenvalue weighted by Crippen LogP contribution is -2.24. The van der Waals surface area contributed by atoms with Crippen LogP contribution >= 0.6 is 11.3 Å². The van der Waals surface area contributed by atoms with Crippen molar-refractivity contribution in [1.82, 2.24) is 10.2 Å². The van der Waals surface area contributed by atoms with Crippen LogP contribution in [-0.2, 0) is 9.59 Å². The molecule has 2 aromatic rings. The summed E-state index contributed by atoms with van der Waals surface area (Å²) < 4.78 is 5.13. The number of aromatic nitrogens is 2. The summed E-state index contributed by atoms with van der Waals surface area (Å²) in [5, 5.41) is 11.9. The maximum atomic E-state index is 12.3. The minimum Gasteiger partial charge on any atom is -0.497 e. The van der Waals surface area contributed by atoms with Crippen LogP contribution in [0.1, 0.15) is 24.3 Å². The van der Waals surface area contributed by atoms with Crippen molar-refractivity contribution in [2.24, 2.45) is 0 Å². The first kappa shape index (κ1) is 15.4. The van der Waals surface area contributed by atoms with Gasteiger partial charge in [0.15, 0.2) is 0 Å². The zero-order valence-electron chi connectivity index (χ0n) is 12.8. The number of methoxy groups -OCH3 is 1. The Balaban J connectivity index is 1.73. The van der Waals surface area contributed by atoms with Gasteiger partial charge in [-0.15, -0.1) is 10.2 Å². The number of nitrogens with zero attached hydrogens (tertiary/aromatic N) is 3. The predicted molar refractivity (Wildman–Crippen MR) is 86.9 cm³/mol. The van der Waals surface area contributed by atoms with Crippen LogP contribution in [0.5, 0.6) is 5.75 Å². The number of carbonyl (C=O) groups is 2. The van der Waals surface area contributed by atoms with E-state index in [1.54, 1.807) is 12.0 Å². The Morgan fingerprint density at radius 1 is 1.35 bits per heavy atom. The first-order valence-corrected chi connectivity index (χ1v) is 7.94. The smallest absolute Gasteiger partial charge is 0.227 e. The lowest BCUT2D eigenvalue weighted by molar-refractivity contribution is -0.117. The summed E-state index contributed by atoms with van der Waals surface area (Å²) in [4.78, 5) is 25.1. The molecule has 0 bridgehead atoms. The molecule has 1 atom stereocenters. The zero-order valence-corrected chi connectivity index (χ0v) is 13.6. The van der Waals surface area contributed by atoms with Gasteiger partial charge in [-0.3, -0.25) is 9.59 Å². The van der Waals surface area contributed by atoms with Crippen LogP contribution in [0.2, 0.25) is 0 Å². The molecule has 0 unspecified atom stereocenters. The Hall–Kier alpha value is -2.48.